The number of aliphatic hydroxyl groups is 1. The molecular formula is C14H21NO. The Balaban J connectivity index is 2.42. The molecule has 0 bridgehead atoms. The summed E-state index contributed by atoms with van der Waals surface area (Å²) in [6, 6.07) is 10.4. The molecule has 88 valence electrons. The molecule has 1 rings (SSSR count). The molecule has 2 heteroatoms. The van der Waals surface area contributed by atoms with Gasteiger partial charge in [-0.15, -0.1) is 0 Å². The lowest BCUT2D eigenvalue weighted by Crippen LogP contribution is -2.34. The lowest BCUT2D eigenvalue weighted by atomic mass is 10.0. The quantitative estimate of drug-likeness (QED) is 0.769. The number of benzene rings is 1. The molecule has 0 fully saturated rings. The summed E-state index contributed by atoms with van der Waals surface area (Å²) in [4.78, 5) is 0. The second-order valence-corrected chi connectivity index (χ2v) is 4.30. The van der Waals surface area contributed by atoms with E-state index < -0.39 is 0 Å². The zero-order valence-electron chi connectivity index (χ0n) is 10.1. The van der Waals surface area contributed by atoms with Crippen molar-refractivity contribution in [2.75, 3.05) is 13.2 Å². The summed E-state index contributed by atoms with van der Waals surface area (Å²) in [5, 5.41) is 12.4. The van der Waals surface area contributed by atoms with Crippen molar-refractivity contribution < 1.29 is 5.11 Å². The van der Waals surface area contributed by atoms with Crippen molar-refractivity contribution in [3.63, 3.8) is 0 Å². The molecule has 0 aliphatic heterocycles. The van der Waals surface area contributed by atoms with Crippen molar-refractivity contribution in [2.24, 2.45) is 5.92 Å². The third-order valence-corrected chi connectivity index (χ3v) is 2.96. The molecule has 0 amide bonds. The van der Waals surface area contributed by atoms with Gasteiger partial charge < -0.3 is 10.4 Å². The van der Waals surface area contributed by atoms with Crippen LogP contribution in [0.1, 0.15) is 19.4 Å². The maximum Gasteiger partial charge on any atom is 0.0471 e. The van der Waals surface area contributed by atoms with Gasteiger partial charge in [-0.3, -0.25) is 0 Å². The van der Waals surface area contributed by atoms with Gasteiger partial charge in [0.05, 0.1) is 0 Å². The molecule has 16 heavy (non-hydrogen) atoms. The molecule has 0 spiro atoms. The minimum atomic E-state index is 0.214. The summed E-state index contributed by atoms with van der Waals surface area (Å²) in [7, 11) is 0. The Hall–Kier alpha value is -1.12. The first-order valence-electron chi connectivity index (χ1n) is 5.72. The van der Waals surface area contributed by atoms with Crippen LogP contribution in [0.5, 0.6) is 0 Å². The van der Waals surface area contributed by atoms with E-state index in [-0.39, 0.29) is 12.5 Å². The second kappa shape index (κ2) is 6.46. The van der Waals surface area contributed by atoms with Gasteiger partial charge in [0.15, 0.2) is 0 Å². The highest BCUT2D eigenvalue weighted by Gasteiger charge is 2.10. The van der Waals surface area contributed by atoms with Crippen molar-refractivity contribution >= 4 is 5.57 Å². The standard InChI is InChI=1S/C14H21NO/c1-11(14-7-5-4-6-8-14)9-15-13(3)12(2)10-16/h4-8,12-13,15-16H,1,9-10H2,2-3H3. The van der Waals surface area contributed by atoms with Gasteiger partial charge in [0.2, 0.25) is 0 Å². The van der Waals surface area contributed by atoms with Crippen LogP contribution in [0.25, 0.3) is 5.57 Å². The van der Waals surface area contributed by atoms with Crippen molar-refractivity contribution in [3.05, 3.63) is 42.5 Å². The van der Waals surface area contributed by atoms with E-state index in [2.05, 4.69) is 31.0 Å². The van der Waals surface area contributed by atoms with Gasteiger partial charge in [0, 0.05) is 19.2 Å². The summed E-state index contributed by atoms with van der Waals surface area (Å²) < 4.78 is 0. The summed E-state index contributed by atoms with van der Waals surface area (Å²) in [5.41, 5.74) is 2.25. The highest BCUT2D eigenvalue weighted by Crippen LogP contribution is 2.11. The Morgan fingerprint density at radius 2 is 1.94 bits per heavy atom. The Bertz CT molecular complexity index is 321. The Morgan fingerprint density at radius 3 is 2.50 bits per heavy atom. The van der Waals surface area contributed by atoms with Crippen LogP contribution in [0.15, 0.2) is 36.9 Å². The Morgan fingerprint density at radius 1 is 1.31 bits per heavy atom. The summed E-state index contributed by atoms with van der Waals surface area (Å²) in [6.45, 7) is 9.14. The van der Waals surface area contributed by atoms with Gasteiger partial charge in [-0.2, -0.15) is 0 Å². The topological polar surface area (TPSA) is 32.3 Å². The first-order valence-corrected chi connectivity index (χ1v) is 5.72. The minimum absolute atomic E-state index is 0.214. The number of hydrogen-bond acceptors (Lipinski definition) is 2. The molecule has 0 saturated heterocycles. The highest BCUT2D eigenvalue weighted by atomic mass is 16.3. The summed E-state index contributed by atoms with van der Waals surface area (Å²) >= 11 is 0. The van der Waals surface area contributed by atoms with Crippen LogP contribution in [0, 0.1) is 5.92 Å². The molecule has 2 nitrogen and oxygen atoms in total. The summed E-state index contributed by atoms with van der Waals surface area (Å²) in [6.07, 6.45) is 0. The molecular weight excluding hydrogens is 198 g/mol. The third-order valence-electron chi connectivity index (χ3n) is 2.96. The molecule has 0 aliphatic rings. The lowest BCUT2D eigenvalue weighted by Gasteiger charge is -2.20. The van der Waals surface area contributed by atoms with Crippen LogP contribution < -0.4 is 5.32 Å². The maximum absolute atomic E-state index is 9.03. The average molecular weight is 219 g/mol. The van der Waals surface area contributed by atoms with Gasteiger partial charge in [-0.1, -0.05) is 43.8 Å². The Kier molecular flexibility index (Phi) is 5.23. The van der Waals surface area contributed by atoms with Crippen molar-refractivity contribution in [2.45, 2.75) is 19.9 Å². The summed E-state index contributed by atoms with van der Waals surface area (Å²) in [5.74, 6) is 0.267. The Labute approximate surface area is 98.0 Å². The minimum Gasteiger partial charge on any atom is -0.396 e. The predicted octanol–water partition coefficient (Wildman–Crippen LogP) is 2.31. The molecule has 1 aromatic rings. The molecule has 0 saturated carbocycles. The molecule has 2 atom stereocenters. The zero-order valence-corrected chi connectivity index (χ0v) is 10.1. The SMILES string of the molecule is C=C(CNC(C)C(C)CO)c1ccccc1. The largest absolute Gasteiger partial charge is 0.396 e. The average Bonchev–Trinajstić information content (AvgIpc) is 2.35. The van der Waals surface area contributed by atoms with E-state index >= 15 is 0 Å². The van der Waals surface area contributed by atoms with Crippen molar-refractivity contribution in [1.82, 2.24) is 5.32 Å². The number of rotatable bonds is 6. The van der Waals surface area contributed by atoms with E-state index in [1.165, 1.54) is 5.56 Å². The molecule has 0 aromatic heterocycles. The second-order valence-electron chi connectivity index (χ2n) is 4.30. The monoisotopic (exact) mass is 219 g/mol. The fraction of sp³-hybridized carbons (Fsp3) is 0.429. The van der Waals surface area contributed by atoms with E-state index in [0.717, 1.165) is 12.1 Å². The van der Waals surface area contributed by atoms with Crippen LogP contribution in [0.2, 0.25) is 0 Å². The number of nitrogens with one attached hydrogen (secondary N) is 1. The van der Waals surface area contributed by atoms with Crippen LogP contribution in [0.4, 0.5) is 0 Å². The van der Waals surface area contributed by atoms with Gasteiger partial charge in [0.1, 0.15) is 0 Å². The van der Waals surface area contributed by atoms with Gasteiger partial charge in [-0.05, 0) is 24.0 Å². The van der Waals surface area contributed by atoms with E-state index in [0.29, 0.717) is 6.04 Å². The third kappa shape index (κ3) is 3.80. The highest BCUT2D eigenvalue weighted by molar-refractivity contribution is 5.64. The van der Waals surface area contributed by atoms with Crippen molar-refractivity contribution in [1.29, 1.82) is 0 Å². The van der Waals surface area contributed by atoms with Gasteiger partial charge >= 0.3 is 0 Å². The first kappa shape index (κ1) is 12.9. The fourth-order valence-corrected chi connectivity index (χ4v) is 1.42. The molecule has 2 unspecified atom stereocenters. The predicted molar refractivity (Wildman–Crippen MR) is 69.2 cm³/mol. The van der Waals surface area contributed by atoms with Crippen LogP contribution in [-0.4, -0.2) is 24.3 Å². The molecule has 0 heterocycles. The lowest BCUT2D eigenvalue weighted by molar-refractivity contribution is 0.209. The molecule has 1 aromatic carbocycles. The number of hydrogen-bond donors (Lipinski definition) is 2. The normalized spacial score (nSPS) is 14.4. The fourth-order valence-electron chi connectivity index (χ4n) is 1.42. The van der Waals surface area contributed by atoms with Crippen LogP contribution >= 0.6 is 0 Å². The van der Waals surface area contributed by atoms with E-state index in [4.69, 9.17) is 5.11 Å². The van der Waals surface area contributed by atoms with Crippen LogP contribution in [0.3, 0.4) is 0 Å². The smallest absolute Gasteiger partial charge is 0.0471 e. The zero-order chi connectivity index (χ0) is 12.0. The van der Waals surface area contributed by atoms with E-state index in [1.54, 1.807) is 0 Å². The molecule has 0 aliphatic carbocycles. The van der Waals surface area contributed by atoms with E-state index in [1.807, 2.05) is 25.1 Å². The van der Waals surface area contributed by atoms with Gasteiger partial charge in [0.25, 0.3) is 0 Å². The van der Waals surface area contributed by atoms with Gasteiger partial charge in [-0.25, -0.2) is 0 Å². The van der Waals surface area contributed by atoms with Crippen LogP contribution in [-0.2, 0) is 0 Å². The van der Waals surface area contributed by atoms with Crippen molar-refractivity contribution in [3.8, 4) is 0 Å². The number of aliphatic hydroxyl groups excluding tert-OH is 1. The molecule has 0 radical (unpaired) electrons. The first-order chi connectivity index (χ1) is 7.65. The van der Waals surface area contributed by atoms with E-state index in [9.17, 15) is 0 Å². The molecule has 2 N–H and O–H groups in total. The maximum atomic E-state index is 9.03.